The van der Waals surface area contributed by atoms with Crippen molar-refractivity contribution in [3.63, 3.8) is 0 Å². The first-order chi connectivity index (χ1) is 17.3. The second kappa shape index (κ2) is 10.3. The maximum Gasteiger partial charge on any atom is 0.236 e. The molecular formula is C26H29ClN4O4S. The van der Waals surface area contributed by atoms with Gasteiger partial charge in [0.1, 0.15) is 18.1 Å². The summed E-state index contributed by atoms with van der Waals surface area (Å²) in [5, 5.41) is 10.8. The molecule has 0 aliphatic carbocycles. The molecule has 3 N–H and O–H groups in total. The van der Waals surface area contributed by atoms with Crippen molar-refractivity contribution in [2.24, 2.45) is 5.73 Å². The highest BCUT2D eigenvalue weighted by atomic mass is 35.5. The number of amides is 2. The second-order valence-electron chi connectivity index (χ2n) is 9.33. The van der Waals surface area contributed by atoms with Gasteiger partial charge < -0.3 is 25.4 Å². The first-order valence-corrected chi connectivity index (χ1v) is 13.3. The van der Waals surface area contributed by atoms with E-state index in [0.717, 1.165) is 50.4 Å². The van der Waals surface area contributed by atoms with Gasteiger partial charge in [-0.15, -0.1) is 11.3 Å². The maximum absolute atomic E-state index is 12.2. The summed E-state index contributed by atoms with van der Waals surface area (Å²) < 4.78 is 7.53. The summed E-state index contributed by atoms with van der Waals surface area (Å²) in [7, 11) is 0. The minimum absolute atomic E-state index is 0.0238. The number of hydrogen-bond acceptors (Lipinski definition) is 7. The van der Waals surface area contributed by atoms with Crippen LogP contribution in [-0.4, -0.2) is 63.7 Å². The van der Waals surface area contributed by atoms with E-state index < -0.39 is 6.23 Å². The van der Waals surface area contributed by atoms with Crippen molar-refractivity contribution in [3.05, 3.63) is 45.9 Å². The third kappa shape index (κ3) is 4.93. The van der Waals surface area contributed by atoms with Gasteiger partial charge in [0.05, 0.1) is 23.3 Å². The number of likely N-dealkylation sites (tertiary alicyclic amines) is 2. The highest BCUT2D eigenvalue weighted by Gasteiger charge is 2.30. The van der Waals surface area contributed by atoms with Crippen LogP contribution in [0.3, 0.4) is 0 Å². The molecule has 8 nitrogen and oxygen atoms in total. The molecule has 0 bridgehead atoms. The number of piperidine rings is 1. The molecule has 0 spiro atoms. The SMILES string of the molecule is Cc1cc(Cl)cc(-c2ccnc3cc(CN4C(=O)CCC4O)sc23)c1OC1CCN(C(=O)CN)CC1. The lowest BCUT2D eigenvalue weighted by Gasteiger charge is -2.32. The third-order valence-corrected chi connectivity index (χ3v) is 8.23. The van der Waals surface area contributed by atoms with E-state index in [2.05, 4.69) is 4.98 Å². The Labute approximate surface area is 218 Å². The van der Waals surface area contributed by atoms with Gasteiger partial charge in [-0.1, -0.05) is 11.6 Å². The van der Waals surface area contributed by atoms with Crippen LogP contribution in [0.25, 0.3) is 21.3 Å². The number of rotatable bonds is 6. The van der Waals surface area contributed by atoms with Crippen LogP contribution >= 0.6 is 22.9 Å². The standard InChI is InChI=1S/C26H29ClN4O4S/c1-15-10-16(27)11-20(25(15)35-17-5-8-30(9-6-17)24(34)13-28)19-4-7-29-21-12-18(36-26(19)21)14-31-22(32)2-3-23(31)33/h4,7,10-12,17,22,32H,2-3,5-6,8-9,13-14,28H2,1H3. The van der Waals surface area contributed by atoms with Crippen LogP contribution in [0.2, 0.25) is 5.02 Å². The number of nitrogens with two attached hydrogens (primary N) is 1. The first-order valence-electron chi connectivity index (χ1n) is 12.1. The topological polar surface area (TPSA) is 109 Å². The number of aryl methyl sites for hydroxylation is 1. The van der Waals surface area contributed by atoms with Gasteiger partial charge in [-0.3, -0.25) is 14.6 Å². The fraction of sp³-hybridized carbons (Fsp3) is 0.423. The number of aliphatic hydroxyl groups excluding tert-OH is 1. The summed E-state index contributed by atoms with van der Waals surface area (Å²) in [5.41, 5.74) is 9.12. The lowest BCUT2D eigenvalue weighted by molar-refractivity contribution is -0.134. The Morgan fingerprint density at radius 2 is 2.03 bits per heavy atom. The molecule has 2 aliphatic rings. The maximum atomic E-state index is 12.2. The van der Waals surface area contributed by atoms with Gasteiger partial charge in [-0.2, -0.15) is 0 Å². The van der Waals surface area contributed by atoms with E-state index in [9.17, 15) is 14.7 Å². The lowest BCUT2D eigenvalue weighted by Crippen LogP contribution is -2.44. The predicted octanol–water partition coefficient (Wildman–Crippen LogP) is 3.69. The Bertz CT molecular complexity index is 1300. The molecule has 10 heteroatoms. The van der Waals surface area contributed by atoms with E-state index in [1.54, 1.807) is 22.4 Å². The number of benzene rings is 1. The summed E-state index contributed by atoms with van der Waals surface area (Å²) in [6.07, 6.45) is 3.30. The Hall–Kier alpha value is -2.72. The van der Waals surface area contributed by atoms with Gasteiger partial charge in [0.2, 0.25) is 11.8 Å². The molecule has 2 saturated heterocycles. The summed E-state index contributed by atoms with van der Waals surface area (Å²) in [6.45, 7) is 3.61. The molecule has 0 saturated carbocycles. The number of carbonyl (C=O) groups is 2. The molecule has 2 aliphatic heterocycles. The third-order valence-electron chi connectivity index (χ3n) is 6.87. The molecule has 190 valence electrons. The summed E-state index contributed by atoms with van der Waals surface area (Å²) in [6, 6.07) is 7.74. The molecule has 1 atom stereocenters. The lowest BCUT2D eigenvalue weighted by atomic mass is 10.0. The van der Waals surface area contributed by atoms with Gasteiger partial charge in [0.15, 0.2) is 0 Å². The van der Waals surface area contributed by atoms with Crippen molar-refractivity contribution in [3.8, 4) is 16.9 Å². The Balaban J connectivity index is 1.45. The Kier molecular flexibility index (Phi) is 7.16. The zero-order valence-corrected chi connectivity index (χ0v) is 21.6. The molecule has 4 heterocycles. The van der Waals surface area contributed by atoms with Crippen molar-refractivity contribution < 1.29 is 19.4 Å². The summed E-state index contributed by atoms with van der Waals surface area (Å²) in [4.78, 5) is 32.9. The van der Waals surface area contributed by atoms with Crippen LogP contribution in [0.4, 0.5) is 0 Å². The normalized spacial score (nSPS) is 18.9. The molecule has 36 heavy (non-hydrogen) atoms. The minimum atomic E-state index is -0.739. The zero-order valence-electron chi connectivity index (χ0n) is 20.1. The van der Waals surface area contributed by atoms with E-state index in [-0.39, 0.29) is 24.5 Å². The number of aromatic nitrogens is 1. The largest absolute Gasteiger partial charge is 0.489 e. The van der Waals surface area contributed by atoms with Crippen LogP contribution in [0, 0.1) is 6.92 Å². The number of pyridine rings is 1. The van der Waals surface area contributed by atoms with Crippen LogP contribution in [0.5, 0.6) is 5.75 Å². The number of aliphatic hydroxyl groups is 1. The highest BCUT2D eigenvalue weighted by molar-refractivity contribution is 7.19. The van der Waals surface area contributed by atoms with Gasteiger partial charge in [0, 0.05) is 66.0 Å². The first kappa shape index (κ1) is 25.0. The van der Waals surface area contributed by atoms with Crippen LogP contribution in [0.1, 0.15) is 36.1 Å². The molecule has 3 aromatic rings. The Morgan fingerprint density at radius 1 is 1.25 bits per heavy atom. The monoisotopic (exact) mass is 528 g/mol. The number of nitrogens with zero attached hydrogens (tertiary/aromatic N) is 3. The number of hydrogen-bond donors (Lipinski definition) is 2. The van der Waals surface area contributed by atoms with Crippen molar-refractivity contribution in [2.75, 3.05) is 19.6 Å². The van der Waals surface area contributed by atoms with Gasteiger partial charge >= 0.3 is 0 Å². The molecular weight excluding hydrogens is 500 g/mol. The van der Waals surface area contributed by atoms with Gasteiger partial charge in [-0.05, 0) is 36.8 Å². The quantitative estimate of drug-likeness (QED) is 0.505. The molecule has 2 fully saturated rings. The van der Waals surface area contributed by atoms with Gasteiger partial charge in [0.25, 0.3) is 0 Å². The smallest absolute Gasteiger partial charge is 0.236 e. The van der Waals surface area contributed by atoms with Crippen LogP contribution in [-0.2, 0) is 16.1 Å². The van der Waals surface area contributed by atoms with Crippen molar-refractivity contribution in [1.29, 1.82) is 0 Å². The number of fused-ring (bicyclic) bond motifs is 1. The van der Waals surface area contributed by atoms with Gasteiger partial charge in [-0.25, -0.2) is 0 Å². The van der Waals surface area contributed by atoms with Crippen molar-refractivity contribution in [2.45, 2.75) is 51.5 Å². The average Bonchev–Trinajstić information content (AvgIpc) is 3.43. The van der Waals surface area contributed by atoms with E-state index in [4.69, 9.17) is 22.1 Å². The molecule has 0 radical (unpaired) electrons. The molecule has 2 aromatic heterocycles. The molecule has 5 rings (SSSR count). The fourth-order valence-corrected chi connectivity index (χ4v) is 6.38. The van der Waals surface area contributed by atoms with Crippen LogP contribution < -0.4 is 10.5 Å². The molecule has 1 aromatic carbocycles. The molecule has 1 unspecified atom stereocenters. The number of ether oxygens (including phenoxy) is 1. The second-order valence-corrected chi connectivity index (χ2v) is 10.9. The number of thiophene rings is 1. The van der Waals surface area contributed by atoms with E-state index >= 15 is 0 Å². The van der Waals surface area contributed by atoms with E-state index in [0.29, 0.717) is 37.5 Å². The highest BCUT2D eigenvalue weighted by Crippen LogP contribution is 2.42. The fourth-order valence-electron chi connectivity index (χ4n) is 4.96. The Morgan fingerprint density at radius 3 is 2.72 bits per heavy atom. The van der Waals surface area contributed by atoms with E-state index in [1.165, 1.54) is 4.90 Å². The summed E-state index contributed by atoms with van der Waals surface area (Å²) in [5.74, 6) is 0.705. The molecule has 2 amide bonds. The van der Waals surface area contributed by atoms with Crippen LogP contribution in [0.15, 0.2) is 30.5 Å². The number of halogens is 1. The predicted molar refractivity (Wildman–Crippen MR) is 140 cm³/mol. The summed E-state index contributed by atoms with van der Waals surface area (Å²) >= 11 is 8.05. The minimum Gasteiger partial charge on any atom is -0.489 e. The van der Waals surface area contributed by atoms with Crippen molar-refractivity contribution >= 4 is 45.0 Å². The number of carbonyl (C=O) groups excluding carboxylic acids is 2. The zero-order chi connectivity index (χ0) is 25.4. The van der Waals surface area contributed by atoms with E-state index in [1.807, 2.05) is 31.2 Å². The van der Waals surface area contributed by atoms with Crippen molar-refractivity contribution in [1.82, 2.24) is 14.8 Å². The average molecular weight is 529 g/mol.